The first-order chi connectivity index (χ1) is 16.2. The number of hydrogen-bond acceptors (Lipinski definition) is 9. The predicted octanol–water partition coefficient (Wildman–Crippen LogP) is 2.25. The second kappa shape index (κ2) is 11.2. The molecule has 1 amide bonds. The lowest BCUT2D eigenvalue weighted by Gasteiger charge is -2.30. The molecule has 1 saturated heterocycles. The standard InChI is InChI=1S/C23H29NO9S/c1-15-5-11-18(12-6-15)34(27,28)33-13-19-21(25)22(32-14-29-2)20(24(19)23(26)31-4)16-7-9-17(30-3)10-8-16/h5-12,19-22,25H,13-14H2,1-4H3/t19-,20-,21-,22-/m1/s1. The molecule has 0 spiro atoms. The van der Waals surface area contributed by atoms with Gasteiger partial charge < -0.3 is 24.1 Å². The van der Waals surface area contributed by atoms with Gasteiger partial charge in [-0.05, 0) is 36.8 Å². The molecule has 0 unspecified atom stereocenters. The molecule has 1 N–H and O–H groups in total. The van der Waals surface area contributed by atoms with E-state index in [4.69, 9.17) is 23.1 Å². The Morgan fingerprint density at radius 2 is 1.68 bits per heavy atom. The van der Waals surface area contributed by atoms with E-state index < -0.39 is 47.1 Å². The van der Waals surface area contributed by atoms with Crippen LogP contribution >= 0.6 is 0 Å². The normalized spacial score (nSPS) is 22.6. The molecule has 4 atom stereocenters. The molecule has 10 nitrogen and oxygen atoms in total. The summed E-state index contributed by atoms with van der Waals surface area (Å²) in [6.07, 6.45) is -3.01. The molecular weight excluding hydrogens is 466 g/mol. The van der Waals surface area contributed by atoms with Crippen molar-refractivity contribution in [1.82, 2.24) is 4.90 Å². The minimum absolute atomic E-state index is 0.0332. The van der Waals surface area contributed by atoms with E-state index in [0.29, 0.717) is 11.3 Å². The fourth-order valence-electron chi connectivity index (χ4n) is 3.89. The molecule has 0 saturated carbocycles. The average molecular weight is 496 g/mol. The van der Waals surface area contributed by atoms with Crippen LogP contribution in [0.3, 0.4) is 0 Å². The highest BCUT2D eigenvalue weighted by Gasteiger charge is 2.53. The highest BCUT2D eigenvalue weighted by molar-refractivity contribution is 7.86. The van der Waals surface area contributed by atoms with Crippen LogP contribution in [-0.4, -0.2) is 77.5 Å². The van der Waals surface area contributed by atoms with E-state index in [0.717, 1.165) is 5.56 Å². The minimum atomic E-state index is -4.14. The van der Waals surface area contributed by atoms with Crippen molar-refractivity contribution in [3.05, 3.63) is 59.7 Å². The average Bonchev–Trinajstić information content (AvgIpc) is 3.12. The summed E-state index contributed by atoms with van der Waals surface area (Å²) in [5.41, 5.74) is 1.51. The summed E-state index contributed by atoms with van der Waals surface area (Å²) < 4.78 is 51.6. The van der Waals surface area contributed by atoms with E-state index in [1.807, 2.05) is 6.92 Å². The Labute approximate surface area is 199 Å². The lowest BCUT2D eigenvalue weighted by molar-refractivity contribution is -0.110. The number of aliphatic hydroxyl groups excluding tert-OH is 1. The molecule has 186 valence electrons. The van der Waals surface area contributed by atoms with E-state index in [9.17, 15) is 18.3 Å². The molecule has 34 heavy (non-hydrogen) atoms. The number of carbonyl (C=O) groups excluding carboxylic acids is 1. The maximum atomic E-state index is 12.8. The van der Waals surface area contributed by atoms with Crippen molar-refractivity contribution < 1.29 is 41.4 Å². The van der Waals surface area contributed by atoms with E-state index >= 15 is 0 Å². The van der Waals surface area contributed by atoms with Gasteiger partial charge in [0.1, 0.15) is 24.8 Å². The fourth-order valence-corrected chi connectivity index (χ4v) is 4.81. The summed E-state index contributed by atoms with van der Waals surface area (Å²) in [6, 6.07) is 11.1. The van der Waals surface area contributed by atoms with Gasteiger partial charge >= 0.3 is 6.09 Å². The van der Waals surface area contributed by atoms with Crippen molar-refractivity contribution in [2.75, 3.05) is 34.7 Å². The minimum Gasteiger partial charge on any atom is -0.497 e. The predicted molar refractivity (Wildman–Crippen MR) is 121 cm³/mol. The maximum Gasteiger partial charge on any atom is 0.410 e. The Hall–Kier alpha value is -2.70. The Morgan fingerprint density at radius 3 is 2.24 bits per heavy atom. The number of rotatable bonds is 9. The molecule has 0 radical (unpaired) electrons. The van der Waals surface area contributed by atoms with Crippen LogP contribution in [-0.2, 0) is 28.5 Å². The molecule has 0 bridgehead atoms. The smallest absolute Gasteiger partial charge is 0.410 e. The van der Waals surface area contributed by atoms with Gasteiger partial charge in [-0.1, -0.05) is 29.8 Å². The fraction of sp³-hybridized carbons (Fsp3) is 0.435. The van der Waals surface area contributed by atoms with Gasteiger partial charge in [-0.2, -0.15) is 8.42 Å². The quantitative estimate of drug-likeness (QED) is 0.412. The van der Waals surface area contributed by atoms with Crippen molar-refractivity contribution in [3.8, 4) is 5.75 Å². The Balaban J connectivity index is 1.93. The Morgan fingerprint density at radius 1 is 1.03 bits per heavy atom. The number of aliphatic hydroxyl groups is 1. The maximum absolute atomic E-state index is 12.8. The number of amides is 1. The number of aryl methyl sites for hydroxylation is 1. The highest BCUT2D eigenvalue weighted by atomic mass is 32.2. The molecule has 1 heterocycles. The molecule has 3 rings (SSSR count). The monoisotopic (exact) mass is 495 g/mol. The number of methoxy groups -OCH3 is 3. The van der Waals surface area contributed by atoms with Gasteiger partial charge in [0.25, 0.3) is 10.1 Å². The first kappa shape index (κ1) is 25.9. The van der Waals surface area contributed by atoms with Crippen LogP contribution in [0.4, 0.5) is 4.79 Å². The largest absolute Gasteiger partial charge is 0.497 e. The topological polar surface area (TPSA) is 121 Å². The van der Waals surface area contributed by atoms with E-state index in [2.05, 4.69) is 0 Å². The van der Waals surface area contributed by atoms with Crippen LogP contribution < -0.4 is 4.74 Å². The zero-order valence-electron chi connectivity index (χ0n) is 19.4. The van der Waals surface area contributed by atoms with Crippen LogP contribution in [0, 0.1) is 6.92 Å². The van der Waals surface area contributed by atoms with Gasteiger partial charge in [-0.15, -0.1) is 0 Å². The molecule has 0 aliphatic carbocycles. The molecular formula is C23H29NO9S. The lowest BCUT2D eigenvalue weighted by Crippen LogP contribution is -2.44. The van der Waals surface area contributed by atoms with Gasteiger partial charge in [-0.25, -0.2) is 4.79 Å². The van der Waals surface area contributed by atoms with Gasteiger partial charge in [0.15, 0.2) is 0 Å². The second-order valence-corrected chi connectivity index (χ2v) is 9.36. The number of carbonyl (C=O) groups is 1. The van der Waals surface area contributed by atoms with Gasteiger partial charge in [-0.3, -0.25) is 9.08 Å². The summed E-state index contributed by atoms with van der Waals surface area (Å²) in [7, 11) is 0.0136. The molecule has 2 aromatic carbocycles. The van der Waals surface area contributed by atoms with Crippen LogP contribution in [0.25, 0.3) is 0 Å². The Kier molecular flexibility index (Phi) is 8.50. The van der Waals surface area contributed by atoms with Crippen molar-refractivity contribution in [3.63, 3.8) is 0 Å². The lowest BCUT2D eigenvalue weighted by atomic mass is 10.0. The third-order valence-electron chi connectivity index (χ3n) is 5.62. The van der Waals surface area contributed by atoms with Crippen molar-refractivity contribution in [2.45, 2.75) is 36.1 Å². The molecule has 0 aromatic heterocycles. The summed E-state index contributed by atoms with van der Waals surface area (Å²) in [5, 5.41) is 11.1. The SMILES string of the molecule is COCO[C@H]1[C@H](O)[C@@H](COS(=O)(=O)c2ccc(C)cc2)N(C(=O)OC)[C@@H]1c1ccc(OC)cc1. The number of nitrogens with zero attached hydrogens (tertiary/aromatic N) is 1. The van der Waals surface area contributed by atoms with Crippen LogP contribution in [0.2, 0.25) is 0 Å². The number of ether oxygens (including phenoxy) is 4. The first-order valence-corrected chi connectivity index (χ1v) is 11.9. The van der Waals surface area contributed by atoms with E-state index in [-0.39, 0.29) is 11.7 Å². The van der Waals surface area contributed by atoms with Crippen LogP contribution in [0.1, 0.15) is 17.2 Å². The summed E-state index contributed by atoms with van der Waals surface area (Å²) in [5.74, 6) is 0.602. The van der Waals surface area contributed by atoms with Crippen LogP contribution in [0.15, 0.2) is 53.4 Å². The summed E-state index contributed by atoms with van der Waals surface area (Å²) >= 11 is 0. The summed E-state index contributed by atoms with van der Waals surface area (Å²) in [4.78, 5) is 14.0. The van der Waals surface area contributed by atoms with Gasteiger partial charge in [0, 0.05) is 7.11 Å². The number of likely N-dealkylation sites (tertiary alicyclic amines) is 1. The molecule has 2 aromatic rings. The zero-order chi connectivity index (χ0) is 24.9. The molecule has 1 aliphatic rings. The van der Waals surface area contributed by atoms with Crippen LogP contribution in [0.5, 0.6) is 5.75 Å². The Bertz CT molecular complexity index is 1060. The molecule has 11 heteroatoms. The first-order valence-electron chi connectivity index (χ1n) is 10.5. The highest BCUT2D eigenvalue weighted by Crippen LogP contribution is 2.40. The van der Waals surface area contributed by atoms with Crippen molar-refractivity contribution >= 4 is 16.2 Å². The molecule has 1 fully saturated rings. The number of hydrogen-bond donors (Lipinski definition) is 1. The van der Waals surface area contributed by atoms with Crippen molar-refractivity contribution in [1.29, 1.82) is 0 Å². The molecule has 1 aliphatic heterocycles. The second-order valence-electron chi connectivity index (χ2n) is 7.74. The third-order valence-corrected chi connectivity index (χ3v) is 6.92. The summed E-state index contributed by atoms with van der Waals surface area (Å²) in [6.45, 7) is 1.17. The number of benzene rings is 2. The van der Waals surface area contributed by atoms with Gasteiger partial charge in [0.05, 0.1) is 37.8 Å². The zero-order valence-corrected chi connectivity index (χ0v) is 20.2. The van der Waals surface area contributed by atoms with E-state index in [1.54, 1.807) is 36.4 Å². The third kappa shape index (κ3) is 5.50. The van der Waals surface area contributed by atoms with E-state index in [1.165, 1.54) is 38.4 Å². The van der Waals surface area contributed by atoms with Crippen molar-refractivity contribution in [2.24, 2.45) is 0 Å². The van der Waals surface area contributed by atoms with Gasteiger partial charge in [0.2, 0.25) is 0 Å².